The van der Waals surface area contributed by atoms with Crippen LogP contribution in [0.5, 0.6) is 5.75 Å². The summed E-state index contributed by atoms with van der Waals surface area (Å²) in [6.07, 6.45) is -0.850. The summed E-state index contributed by atoms with van der Waals surface area (Å²) in [5, 5.41) is 39.1. The van der Waals surface area contributed by atoms with E-state index >= 15 is 0 Å². The molecule has 4 aromatic heterocycles. The minimum Gasteiger partial charge on any atom is -0.508 e. The van der Waals surface area contributed by atoms with E-state index in [-0.39, 0.29) is 23.2 Å². The average Bonchev–Trinajstić information content (AvgIpc) is 3.61. The molecule has 0 bridgehead atoms. The molecule has 48 heavy (non-hydrogen) atoms. The molecule has 248 valence electrons. The van der Waals surface area contributed by atoms with Crippen LogP contribution in [-0.2, 0) is 24.3 Å². The van der Waals surface area contributed by atoms with E-state index in [1.165, 1.54) is 18.6 Å². The lowest BCUT2D eigenvalue weighted by Crippen LogP contribution is -2.38. The van der Waals surface area contributed by atoms with Crippen LogP contribution in [-0.4, -0.2) is 65.8 Å². The van der Waals surface area contributed by atoms with Gasteiger partial charge in [-0.25, -0.2) is 15.0 Å². The molecule has 1 amide bonds. The van der Waals surface area contributed by atoms with E-state index in [0.29, 0.717) is 63.8 Å². The van der Waals surface area contributed by atoms with Crippen molar-refractivity contribution < 1.29 is 28.2 Å². The zero-order chi connectivity index (χ0) is 34.0. The molecular weight excluding hydrogens is 645 g/mol. The molecule has 1 unspecified atom stereocenters. The van der Waals surface area contributed by atoms with Crippen molar-refractivity contribution in [1.29, 1.82) is 5.26 Å². The Bertz CT molecular complexity index is 2010. The fourth-order valence-corrected chi connectivity index (χ4v) is 6.89. The van der Waals surface area contributed by atoms with Crippen molar-refractivity contribution in [3.63, 3.8) is 0 Å². The number of aromatic hydroxyl groups is 1. The monoisotopic (exact) mass is 676 g/mol. The van der Waals surface area contributed by atoms with Crippen LogP contribution >= 0.6 is 11.3 Å². The number of nitrogens with one attached hydrogen (secondary N) is 2. The molecule has 0 spiro atoms. The first-order valence-electron chi connectivity index (χ1n) is 15.1. The number of halogens is 3. The van der Waals surface area contributed by atoms with Gasteiger partial charge in [0.1, 0.15) is 40.3 Å². The second-order valence-corrected chi connectivity index (χ2v) is 12.7. The van der Waals surface area contributed by atoms with E-state index in [2.05, 4.69) is 43.1 Å². The smallest absolute Gasteiger partial charge is 0.393 e. The van der Waals surface area contributed by atoms with Crippen LogP contribution in [0, 0.1) is 11.3 Å². The van der Waals surface area contributed by atoms with Crippen molar-refractivity contribution in [2.45, 2.75) is 50.7 Å². The number of likely N-dealkylation sites (tertiary alicyclic amines) is 1. The molecule has 5 aromatic rings. The highest BCUT2D eigenvalue weighted by Crippen LogP contribution is 2.34. The fourth-order valence-electron chi connectivity index (χ4n) is 5.87. The fraction of sp³-hybridized carbons (Fsp3) is 0.303. The van der Waals surface area contributed by atoms with E-state index < -0.39 is 24.6 Å². The number of phenolic OH excluding ortho intramolecular Hbond substituents is 1. The van der Waals surface area contributed by atoms with Gasteiger partial charge in [0.25, 0.3) is 0 Å². The zero-order valence-electron chi connectivity index (χ0n) is 25.5. The Hall–Kier alpha value is -5.04. The van der Waals surface area contributed by atoms with Gasteiger partial charge in [0.05, 0.1) is 30.0 Å². The molecular formula is C33H31F3N8O3S. The Labute approximate surface area is 277 Å². The number of aromatic nitrogens is 4. The SMILES string of the molecule is C=CC(=O)Nc1ccc(C(O)Cn2c(C#N)cc3cc(CN4CCC(Nc5ncnc6sc(CC(F)(F)F)cc56)CC4)c(O)cc32)cn1. The number of nitrogens with zero attached hydrogens (tertiary/aromatic N) is 6. The minimum absolute atomic E-state index is 0.0411. The predicted molar refractivity (Wildman–Crippen MR) is 175 cm³/mol. The van der Waals surface area contributed by atoms with Gasteiger partial charge in [-0.3, -0.25) is 9.69 Å². The van der Waals surface area contributed by atoms with E-state index in [1.807, 2.05) is 6.07 Å². The van der Waals surface area contributed by atoms with Crippen LogP contribution in [0.1, 0.15) is 40.6 Å². The van der Waals surface area contributed by atoms with Gasteiger partial charge in [0.2, 0.25) is 5.91 Å². The van der Waals surface area contributed by atoms with Gasteiger partial charge < -0.3 is 25.4 Å². The standard InChI is InChI=1S/C33H31F3N8O3S/c1-2-30(47)42-29-4-3-19(15-38-29)28(46)17-44-23(14-37)10-20-9-21(27(45)12-26(20)44)16-43-7-5-22(6-8-43)41-31-25-11-24(13-33(34,35)36)48-32(25)40-18-39-31/h2-4,9-12,15,18,22,28,45-46H,1,5-8,13,16-17H2,(H,38,42,47)(H,39,40,41). The van der Waals surface area contributed by atoms with Gasteiger partial charge in [-0.1, -0.05) is 12.6 Å². The molecule has 15 heteroatoms. The van der Waals surface area contributed by atoms with Crippen molar-refractivity contribution in [2.75, 3.05) is 23.7 Å². The molecule has 6 rings (SSSR count). The molecule has 4 N–H and O–H groups in total. The first kappa shape index (κ1) is 32.9. The molecule has 5 heterocycles. The molecule has 1 aliphatic rings. The molecule has 1 aromatic carbocycles. The summed E-state index contributed by atoms with van der Waals surface area (Å²) in [5.74, 6) is 0.503. The molecule has 1 fully saturated rings. The average molecular weight is 677 g/mol. The number of pyridine rings is 1. The van der Waals surface area contributed by atoms with E-state index in [4.69, 9.17) is 0 Å². The highest BCUT2D eigenvalue weighted by molar-refractivity contribution is 7.18. The van der Waals surface area contributed by atoms with Crippen molar-refractivity contribution in [3.05, 3.63) is 83.3 Å². The lowest BCUT2D eigenvalue weighted by molar-refractivity contribution is -0.126. The predicted octanol–water partition coefficient (Wildman–Crippen LogP) is 5.66. The molecule has 0 saturated carbocycles. The highest BCUT2D eigenvalue weighted by Gasteiger charge is 2.29. The summed E-state index contributed by atoms with van der Waals surface area (Å²) < 4.78 is 40.4. The number of rotatable bonds is 10. The van der Waals surface area contributed by atoms with Crippen LogP contribution in [0.3, 0.4) is 0 Å². The number of aliphatic hydroxyl groups is 1. The summed E-state index contributed by atoms with van der Waals surface area (Å²) >= 11 is 1.02. The largest absolute Gasteiger partial charge is 0.508 e. The van der Waals surface area contributed by atoms with Gasteiger partial charge in [0, 0.05) is 59.3 Å². The van der Waals surface area contributed by atoms with Crippen molar-refractivity contribution >= 4 is 50.0 Å². The third-order valence-electron chi connectivity index (χ3n) is 8.26. The van der Waals surface area contributed by atoms with Crippen LogP contribution in [0.25, 0.3) is 21.1 Å². The zero-order valence-corrected chi connectivity index (χ0v) is 26.4. The normalized spacial score (nSPS) is 15.0. The summed E-state index contributed by atoms with van der Waals surface area (Å²) in [6.45, 7) is 5.35. The number of piperidine rings is 1. The number of anilines is 2. The lowest BCUT2D eigenvalue weighted by Gasteiger charge is -2.32. The number of nitriles is 1. The number of alkyl halides is 3. The van der Waals surface area contributed by atoms with Gasteiger partial charge in [-0.2, -0.15) is 18.4 Å². The number of aliphatic hydroxyl groups excluding tert-OH is 1. The number of carbonyl (C=O) groups excluding carboxylic acids is 1. The Kier molecular flexibility index (Phi) is 9.31. The van der Waals surface area contributed by atoms with Gasteiger partial charge in [0.15, 0.2) is 0 Å². The topological polar surface area (TPSA) is 152 Å². The third kappa shape index (κ3) is 7.41. The number of benzene rings is 1. The molecule has 1 saturated heterocycles. The molecule has 11 nitrogen and oxygen atoms in total. The van der Waals surface area contributed by atoms with Gasteiger partial charge >= 0.3 is 6.18 Å². The quantitative estimate of drug-likeness (QED) is 0.137. The Morgan fingerprint density at radius 2 is 1.98 bits per heavy atom. The van der Waals surface area contributed by atoms with E-state index in [9.17, 15) is 33.4 Å². The second kappa shape index (κ2) is 13.6. The van der Waals surface area contributed by atoms with E-state index in [0.717, 1.165) is 35.6 Å². The highest BCUT2D eigenvalue weighted by atomic mass is 32.1. The van der Waals surface area contributed by atoms with Crippen LogP contribution in [0.15, 0.2) is 61.6 Å². The lowest BCUT2D eigenvalue weighted by atomic mass is 10.0. The van der Waals surface area contributed by atoms with Crippen LogP contribution < -0.4 is 10.6 Å². The number of hydrogen-bond donors (Lipinski definition) is 4. The van der Waals surface area contributed by atoms with Crippen molar-refractivity contribution in [2.24, 2.45) is 0 Å². The summed E-state index contributed by atoms with van der Waals surface area (Å²) in [7, 11) is 0. The maximum atomic E-state index is 12.9. The van der Waals surface area contributed by atoms with Crippen LogP contribution in [0.4, 0.5) is 24.8 Å². The summed E-state index contributed by atoms with van der Waals surface area (Å²) in [4.78, 5) is 27.0. The Balaban J connectivity index is 1.10. The molecule has 1 aliphatic heterocycles. The first-order chi connectivity index (χ1) is 23.0. The minimum atomic E-state index is -4.29. The maximum absolute atomic E-state index is 12.9. The number of thiophene rings is 1. The molecule has 0 radical (unpaired) electrons. The van der Waals surface area contributed by atoms with Gasteiger partial charge in [-0.15, -0.1) is 11.3 Å². The summed E-state index contributed by atoms with van der Waals surface area (Å²) in [6, 6.07) is 12.1. The number of fused-ring (bicyclic) bond motifs is 2. The number of hydrogen-bond acceptors (Lipinski definition) is 10. The first-order valence-corrected chi connectivity index (χ1v) is 15.9. The Morgan fingerprint density at radius 3 is 2.67 bits per heavy atom. The number of phenols is 1. The third-order valence-corrected chi connectivity index (χ3v) is 9.30. The maximum Gasteiger partial charge on any atom is 0.393 e. The van der Waals surface area contributed by atoms with Gasteiger partial charge in [-0.05, 0) is 43.2 Å². The number of carbonyl (C=O) groups is 1. The summed E-state index contributed by atoms with van der Waals surface area (Å²) in [5.41, 5.74) is 2.11. The second-order valence-electron chi connectivity index (χ2n) is 11.6. The van der Waals surface area contributed by atoms with Crippen LogP contribution in [0.2, 0.25) is 0 Å². The molecule has 1 atom stereocenters. The van der Waals surface area contributed by atoms with Crippen molar-refractivity contribution in [3.8, 4) is 11.8 Å². The molecule has 0 aliphatic carbocycles. The van der Waals surface area contributed by atoms with Crippen molar-refractivity contribution in [1.82, 2.24) is 24.4 Å². The Morgan fingerprint density at radius 1 is 1.19 bits per heavy atom. The number of amides is 1. The van der Waals surface area contributed by atoms with E-state index in [1.54, 1.807) is 28.8 Å².